The van der Waals surface area contributed by atoms with Crippen LogP contribution < -0.4 is 10.5 Å². The van der Waals surface area contributed by atoms with Crippen LogP contribution in [-0.4, -0.2) is 24.7 Å². The van der Waals surface area contributed by atoms with E-state index in [-0.39, 0.29) is 11.6 Å². The summed E-state index contributed by atoms with van der Waals surface area (Å²) in [4.78, 5) is 11.3. The van der Waals surface area contributed by atoms with Gasteiger partial charge in [-0.15, -0.1) is 0 Å². The van der Waals surface area contributed by atoms with Gasteiger partial charge >= 0.3 is 5.97 Å². The lowest BCUT2D eigenvalue weighted by atomic mass is 9.92. The topological polar surface area (TPSA) is 61.5 Å². The molecule has 4 nitrogen and oxygen atoms in total. The molecular weight excluding hydrogens is 242 g/mol. The molecule has 1 aromatic carbocycles. The van der Waals surface area contributed by atoms with Gasteiger partial charge in [-0.05, 0) is 50.3 Å². The van der Waals surface area contributed by atoms with Crippen molar-refractivity contribution in [1.29, 1.82) is 0 Å². The van der Waals surface area contributed by atoms with E-state index >= 15 is 0 Å². The lowest BCUT2D eigenvalue weighted by Crippen LogP contribution is -2.34. The van der Waals surface area contributed by atoms with Crippen molar-refractivity contribution in [2.75, 3.05) is 7.11 Å². The Hall–Kier alpha value is -1.55. The molecule has 2 N–H and O–H groups in total. The summed E-state index contributed by atoms with van der Waals surface area (Å²) in [6, 6.07) is 5.40. The van der Waals surface area contributed by atoms with Gasteiger partial charge in [0.1, 0.15) is 17.4 Å². The molecule has 1 heterocycles. The number of fused-ring (bicyclic) bond motifs is 1. The maximum absolute atomic E-state index is 11.3. The van der Waals surface area contributed by atoms with Gasteiger partial charge in [-0.1, -0.05) is 12.1 Å². The summed E-state index contributed by atoms with van der Waals surface area (Å²) in [6.07, 6.45) is 2.47. The fourth-order valence-electron chi connectivity index (χ4n) is 2.33. The van der Waals surface area contributed by atoms with Gasteiger partial charge in [-0.2, -0.15) is 0 Å². The number of esters is 1. The van der Waals surface area contributed by atoms with E-state index in [1.807, 2.05) is 12.1 Å². The van der Waals surface area contributed by atoms with Gasteiger partial charge in [0.05, 0.1) is 7.11 Å². The molecule has 0 amide bonds. The first-order valence-electron chi connectivity index (χ1n) is 6.55. The van der Waals surface area contributed by atoms with Crippen LogP contribution in [0, 0.1) is 0 Å². The van der Waals surface area contributed by atoms with Crippen LogP contribution >= 0.6 is 0 Å². The van der Waals surface area contributed by atoms with Crippen molar-refractivity contribution in [3.8, 4) is 5.75 Å². The van der Waals surface area contributed by atoms with E-state index in [9.17, 15) is 4.79 Å². The Morgan fingerprint density at radius 2 is 2.26 bits per heavy atom. The van der Waals surface area contributed by atoms with Crippen molar-refractivity contribution >= 4 is 5.97 Å². The van der Waals surface area contributed by atoms with Crippen LogP contribution in [0.5, 0.6) is 5.75 Å². The molecule has 1 atom stereocenters. The van der Waals surface area contributed by atoms with Crippen LogP contribution in [0.2, 0.25) is 0 Å². The number of methoxy groups -OCH3 is 1. The number of rotatable bonds is 3. The Morgan fingerprint density at radius 1 is 1.53 bits per heavy atom. The summed E-state index contributed by atoms with van der Waals surface area (Å²) >= 11 is 0. The minimum atomic E-state index is -0.607. The summed E-state index contributed by atoms with van der Waals surface area (Å²) < 4.78 is 10.6. The molecule has 1 unspecified atom stereocenters. The highest BCUT2D eigenvalue weighted by Crippen LogP contribution is 2.33. The Kier molecular flexibility index (Phi) is 3.80. The molecule has 0 fully saturated rings. The summed E-state index contributed by atoms with van der Waals surface area (Å²) in [5.41, 5.74) is 7.90. The van der Waals surface area contributed by atoms with E-state index in [1.54, 1.807) is 0 Å². The van der Waals surface area contributed by atoms with Gasteiger partial charge in [0.25, 0.3) is 0 Å². The Labute approximate surface area is 113 Å². The summed E-state index contributed by atoms with van der Waals surface area (Å²) in [7, 11) is 1.35. The summed E-state index contributed by atoms with van der Waals surface area (Å²) in [5.74, 6) is 0.557. The molecule has 0 saturated heterocycles. The smallest absolute Gasteiger partial charge is 0.322 e. The van der Waals surface area contributed by atoms with Crippen molar-refractivity contribution in [3.63, 3.8) is 0 Å². The molecule has 0 aromatic heterocycles. The number of nitrogens with two attached hydrogens (primary N) is 1. The first-order valence-corrected chi connectivity index (χ1v) is 6.55. The first-order chi connectivity index (χ1) is 8.91. The van der Waals surface area contributed by atoms with E-state index in [4.69, 9.17) is 10.5 Å². The molecule has 104 valence electrons. The molecular formula is C15H21NO3. The van der Waals surface area contributed by atoms with Crippen LogP contribution in [0.4, 0.5) is 0 Å². The van der Waals surface area contributed by atoms with Crippen LogP contribution in [0.3, 0.4) is 0 Å². The van der Waals surface area contributed by atoms with Gasteiger partial charge < -0.3 is 15.2 Å². The van der Waals surface area contributed by atoms with Gasteiger partial charge in [0.2, 0.25) is 0 Å². The van der Waals surface area contributed by atoms with E-state index in [1.165, 1.54) is 12.7 Å². The standard InChI is InChI=1S/C15H21NO3/c1-15(2)7-6-11-8-10(4-5-13(11)19-15)9-12(16)14(17)18-3/h4-5,8,12H,6-7,9,16H2,1-3H3. The average molecular weight is 263 g/mol. The molecule has 0 radical (unpaired) electrons. The average Bonchev–Trinajstić information content (AvgIpc) is 2.37. The molecule has 4 heteroatoms. The molecule has 2 rings (SSSR count). The van der Waals surface area contributed by atoms with Crippen molar-refractivity contribution in [3.05, 3.63) is 29.3 Å². The van der Waals surface area contributed by atoms with E-state index < -0.39 is 6.04 Å². The molecule has 1 aliphatic heterocycles. The Balaban J connectivity index is 2.12. The number of benzene rings is 1. The van der Waals surface area contributed by atoms with Crippen LogP contribution in [0.15, 0.2) is 18.2 Å². The maximum Gasteiger partial charge on any atom is 0.322 e. The second-order valence-electron chi connectivity index (χ2n) is 5.64. The van der Waals surface area contributed by atoms with Crippen molar-refractivity contribution in [1.82, 2.24) is 0 Å². The zero-order chi connectivity index (χ0) is 14.0. The highest BCUT2D eigenvalue weighted by atomic mass is 16.5. The van der Waals surface area contributed by atoms with Crippen LogP contribution in [0.25, 0.3) is 0 Å². The second-order valence-corrected chi connectivity index (χ2v) is 5.64. The third kappa shape index (κ3) is 3.26. The highest BCUT2D eigenvalue weighted by molar-refractivity contribution is 5.75. The minimum absolute atomic E-state index is 0.100. The number of carbonyl (C=O) groups is 1. The third-order valence-corrected chi connectivity index (χ3v) is 3.47. The predicted molar refractivity (Wildman–Crippen MR) is 73.2 cm³/mol. The van der Waals surface area contributed by atoms with Crippen molar-refractivity contribution in [2.24, 2.45) is 5.73 Å². The first kappa shape index (κ1) is 13.9. The lowest BCUT2D eigenvalue weighted by Gasteiger charge is -2.32. The van der Waals surface area contributed by atoms with E-state index in [2.05, 4.69) is 24.7 Å². The SMILES string of the molecule is COC(=O)C(N)Cc1ccc2c(c1)CCC(C)(C)O2. The fraction of sp³-hybridized carbons (Fsp3) is 0.533. The van der Waals surface area contributed by atoms with Gasteiger partial charge in [-0.3, -0.25) is 4.79 Å². The van der Waals surface area contributed by atoms with Crippen molar-refractivity contribution in [2.45, 2.75) is 44.8 Å². The monoisotopic (exact) mass is 263 g/mol. The molecule has 0 saturated carbocycles. The van der Waals surface area contributed by atoms with Crippen LogP contribution in [-0.2, 0) is 22.4 Å². The van der Waals surface area contributed by atoms with Gasteiger partial charge in [0.15, 0.2) is 0 Å². The summed E-state index contributed by atoms with van der Waals surface area (Å²) in [5, 5.41) is 0. The molecule has 1 aliphatic rings. The zero-order valence-electron chi connectivity index (χ0n) is 11.7. The number of hydrogen-bond donors (Lipinski definition) is 1. The molecule has 1 aromatic rings. The molecule has 19 heavy (non-hydrogen) atoms. The fourth-order valence-corrected chi connectivity index (χ4v) is 2.33. The molecule has 0 bridgehead atoms. The minimum Gasteiger partial charge on any atom is -0.488 e. The Bertz CT molecular complexity index is 482. The second kappa shape index (κ2) is 5.21. The van der Waals surface area contributed by atoms with Crippen LogP contribution in [0.1, 0.15) is 31.4 Å². The maximum atomic E-state index is 11.3. The molecule has 0 aliphatic carbocycles. The largest absolute Gasteiger partial charge is 0.488 e. The summed E-state index contributed by atoms with van der Waals surface area (Å²) in [6.45, 7) is 4.19. The molecule has 0 spiro atoms. The van der Waals surface area contributed by atoms with Gasteiger partial charge in [0, 0.05) is 0 Å². The number of ether oxygens (including phenoxy) is 2. The predicted octanol–water partition coefficient (Wildman–Crippen LogP) is 1.83. The normalized spacial score (nSPS) is 18.1. The number of aryl methyl sites for hydroxylation is 1. The quantitative estimate of drug-likeness (QED) is 0.845. The van der Waals surface area contributed by atoms with E-state index in [0.717, 1.165) is 24.2 Å². The number of hydrogen-bond acceptors (Lipinski definition) is 4. The van der Waals surface area contributed by atoms with Crippen molar-refractivity contribution < 1.29 is 14.3 Å². The van der Waals surface area contributed by atoms with E-state index in [0.29, 0.717) is 6.42 Å². The third-order valence-electron chi connectivity index (χ3n) is 3.47. The van der Waals surface area contributed by atoms with Gasteiger partial charge in [-0.25, -0.2) is 0 Å². The zero-order valence-corrected chi connectivity index (χ0v) is 11.7. The lowest BCUT2D eigenvalue weighted by molar-refractivity contribution is -0.142. The Morgan fingerprint density at radius 3 is 2.95 bits per heavy atom. The number of carbonyl (C=O) groups excluding carboxylic acids is 1. The highest BCUT2D eigenvalue weighted by Gasteiger charge is 2.26.